The van der Waals surface area contributed by atoms with E-state index in [1.165, 1.54) is 0 Å². The summed E-state index contributed by atoms with van der Waals surface area (Å²) in [5.41, 5.74) is -0.295. The Balaban J connectivity index is 1.64. The number of carbonyl (C=O) groups excluding carboxylic acids is 1. The van der Waals surface area contributed by atoms with Crippen LogP contribution in [-0.4, -0.2) is 42.0 Å². The van der Waals surface area contributed by atoms with Crippen LogP contribution in [0.3, 0.4) is 0 Å². The van der Waals surface area contributed by atoms with Crippen molar-refractivity contribution < 1.29 is 22.7 Å². The lowest BCUT2D eigenvalue weighted by Gasteiger charge is -2.32. The smallest absolute Gasteiger partial charge is 0.417 e. The third-order valence-corrected chi connectivity index (χ3v) is 4.50. The lowest BCUT2D eigenvalue weighted by atomic mass is 10.0. The predicted molar refractivity (Wildman–Crippen MR) is 93.7 cm³/mol. The number of hydrogen-bond acceptors (Lipinski definition) is 4. The first-order valence-corrected chi connectivity index (χ1v) is 8.64. The van der Waals surface area contributed by atoms with E-state index in [1.807, 2.05) is 11.9 Å². The largest absolute Gasteiger partial charge is 0.439 e. The van der Waals surface area contributed by atoms with Gasteiger partial charge in [0.15, 0.2) is 0 Å². The van der Waals surface area contributed by atoms with Gasteiger partial charge in [-0.05, 0) is 50.2 Å². The molecular weight excluding hydrogens is 359 g/mol. The second-order valence-corrected chi connectivity index (χ2v) is 6.39. The molecule has 0 radical (unpaired) electrons. The van der Waals surface area contributed by atoms with Crippen molar-refractivity contribution in [3.05, 3.63) is 53.7 Å². The highest BCUT2D eigenvalue weighted by Crippen LogP contribution is 2.30. The number of amides is 1. The fourth-order valence-electron chi connectivity index (χ4n) is 2.97. The van der Waals surface area contributed by atoms with Crippen LogP contribution in [0.1, 0.15) is 28.8 Å². The monoisotopic (exact) mass is 379 g/mol. The number of hydrogen-bond donors (Lipinski definition) is 1. The number of ether oxygens (including phenoxy) is 1. The molecule has 3 rings (SSSR count). The fourth-order valence-corrected chi connectivity index (χ4v) is 2.97. The van der Waals surface area contributed by atoms with Crippen molar-refractivity contribution in [3.8, 4) is 11.6 Å². The number of likely N-dealkylation sites (N-methyl/N-ethyl adjacent to an activating group) is 1. The van der Waals surface area contributed by atoms with E-state index in [9.17, 15) is 18.0 Å². The second kappa shape index (κ2) is 7.96. The number of aromatic nitrogens is 1. The average molecular weight is 379 g/mol. The third kappa shape index (κ3) is 4.77. The Morgan fingerprint density at radius 3 is 2.56 bits per heavy atom. The maximum atomic E-state index is 12.6. The summed E-state index contributed by atoms with van der Waals surface area (Å²) in [7, 11) is 1.89. The molecule has 0 unspecified atom stereocenters. The number of halogens is 3. The highest BCUT2D eigenvalue weighted by atomic mass is 19.4. The Labute approximate surface area is 155 Å². The summed E-state index contributed by atoms with van der Waals surface area (Å²) in [5, 5.41) is 3.20. The number of piperidine rings is 1. The van der Waals surface area contributed by atoms with Crippen molar-refractivity contribution in [3.63, 3.8) is 0 Å². The predicted octanol–water partition coefficient (Wildman–Crippen LogP) is 3.72. The fraction of sp³-hybridized carbons (Fsp3) is 0.368. The zero-order chi connectivity index (χ0) is 19.4. The van der Waals surface area contributed by atoms with Gasteiger partial charge in [-0.15, -0.1) is 0 Å². The van der Waals surface area contributed by atoms with Crippen LogP contribution in [0.2, 0.25) is 0 Å². The quantitative estimate of drug-likeness (QED) is 0.880. The van der Waals surface area contributed by atoms with Crippen molar-refractivity contribution in [1.29, 1.82) is 0 Å². The summed E-state index contributed by atoms with van der Waals surface area (Å²) in [6.45, 7) is 1.40. The lowest BCUT2D eigenvalue weighted by molar-refractivity contribution is -0.137. The highest BCUT2D eigenvalue weighted by molar-refractivity contribution is 5.94. The summed E-state index contributed by atoms with van der Waals surface area (Å²) in [6.07, 6.45) is -1.71. The molecule has 1 aromatic heterocycles. The molecule has 5 nitrogen and oxygen atoms in total. The van der Waals surface area contributed by atoms with Crippen LogP contribution in [0.5, 0.6) is 11.6 Å². The number of alkyl halides is 3. The van der Waals surface area contributed by atoms with Gasteiger partial charge in [0.05, 0.1) is 5.56 Å². The van der Waals surface area contributed by atoms with Gasteiger partial charge >= 0.3 is 6.18 Å². The van der Waals surface area contributed by atoms with Crippen molar-refractivity contribution in [2.75, 3.05) is 20.1 Å². The first-order valence-electron chi connectivity index (χ1n) is 8.64. The van der Waals surface area contributed by atoms with E-state index in [0.29, 0.717) is 23.9 Å². The topological polar surface area (TPSA) is 54.5 Å². The van der Waals surface area contributed by atoms with Crippen LogP contribution in [-0.2, 0) is 6.18 Å². The third-order valence-electron chi connectivity index (χ3n) is 4.50. The highest BCUT2D eigenvalue weighted by Gasteiger charge is 2.30. The molecule has 0 spiro atoms. The molecule has 1 saturated heterocycles. The van der Waals surface area contributed by atoms with Gasteiger partial charge in [0, 0.05) is 37.0 Å². The normalized spacial score (nSPS) is 17.6. The van der Waals surface area contributed by atoms with Gasteiger partial charge in [0.2, 0.25) is 5.88 Å². The van der Waals surface area contributed by atoms with E-state index in [-0.39, 0.29) is 11.8 Å². The van der Waals surface area contributed by atoms with Crippen LogP contribution in [0.4, 0.5) is 13.2 Å². The molecule has 1 amide bonds. The number of pyridine rings is 1. The molecule has 2 aromatic rings. The van der Waals surface area contributed by atoms with E-state index in [4.69, 9.17) is 4.74 Å². The average Bonchev–Trinajstić information content (AvgIpc) is 2.68. The Kier molecular flexibility index (Phi) is 5.65. The van der Waals surface area contributed by atoms with E-state index in [2.05, 4.69) is 10.3 Å². The van der Waals surface area contributed by atoms with E-state index in [1.54, 1.807) is 24.3 Å². The van der Waals surface area contributed by atoms with E-state index < -0.39 is 11.7 Å². The summed E-state index contributed by atoms with van der Waals surface area (Å²) in [5.74, 6) is 0.398. The van der Waals surface area contributed by atoms with Crippen molar-refractivity contribution in [2.24, 2.45) is 0 Å². The molecule has 1 aromatic carbocycles. The minimum absolute atomic E-state index is 0.0471. The molecule has 1 aliphatic heterocycles. The number of nitrogens with zero attached hydrogens (tertiary/aromatic N) is 2. The summed E-state index contributed by atoms with van der Waals surface area (Å²) >= 11 is 0. The van der Waals surface area contributed by atoms with Gasteiger partial charge in [-0.2, -0.15) is 13.2 Å². The summed E-state index contributed by atoms with van der Waals surface area (Å²) in [4.78, 5) is 18.1. The van der Waals surface area contributed by atoms with Crippen LogP contribution >= 0.6 is 0 Å². The molecule has 0 aliphatic carbocycles. The van der Waals surface area contributed by atoms with Crippen molar-refractivity contribution in [1.82, 2.24) is 15.2 Å². The molecule has 27 heavy (non-hydrogen) atoms. The van der Waals surface area contributed by atoms with Crippen molar-refractivity contribution in [2.45, 2.75) is 25.1 Å². The molecule has 2 heterocycles. The standard InChI is InChI=1S/C19H20F3N3O2/c1-23-15-3-2-10-25(12-15)18(26)13-4-7-16(8-5-13)27-17-9-6-14(11-24-17)19(20,21)22/h4-9,11,15,23H,2-3,10,12H2,1H3/t15-/m1/s1. The Hall–Kier alpha value is -2.61. The van der Waals surface area contributed by atoms with E-state index in [0.717, 1.165) is 37.7 Å². The molecule has 144 valence electrons. The summed E-state index contributed by atoms with van der Waals surface area (Å²) < 4.78 is 43.1. The van der Waals surface area contributed by atoms with Gasteiger partial charge in [-0.3, -0.25) is 4.79 Å². The minimum atomic E-state index is -4.44. The number of benzene rings is 1. The Bertz CT molecular complexity index is 776. The maximum absolute atomic E-state index is 12.6. The zero-order valence-electron chi connectivity index (χ0n) is 14.8. The first kappa shape index (κ1) is 19.2. The maximum Gasteiger partial charge on any atom is 0.417 e. The van der Waals surface area contributed by atoms with Gasteiger partial charge in [-0.25, -0.2) is 4.98 Å². The molecule has 0 saturated carbocycles. The SMILES string of the molecule is CN[C@@H]1CCCN(C(=O)c2ccc(Oc3ccc(C(F)(F)F)cn3)cc2)C1. The molecule has 1 atom stereocenters. The molecular formula is C19H20F3N3O2. The molecule has 8 heteroatoms. The first-order chi connectivity index (χ1) is 12.9. The number of rotatable bonds is 4. The molecule has 1 aliphatic rings. The Morgan fingerprint density at radius 1 is 1.22 bits per heavy atom. The van der Waals surface area contributed by atoms with Gasteiger partial charge in [-0.1, -0.05) is 0 Å². The lowest BCUT2D eigenvalue weighted by Crippen LogP contribution is -2.46. The van der Waals surface area contributed by atoms with Crippen LogP contribution in [0.25, 0.3) is 0 Å². The minimum Gasteiger partial charge on any atom is -0.439 e. The molecule has 1 fully saturated rings. The van der Waals surface area contributed by atoms with Crippen molar-refractivity contribution >= 4 is 5.91 Å². The van der Waals surface area contributed by atoms with Gasteiger partial charge < -0.3 is 15.0 Å². The second-order valence-electron chi connectivity index (χ2n) is 6.39. The zero-order valence-corrected chi connectivity index (χ0v) is 14.8. The van der Waals surface area contributed by atoms with Crippen LogP contribution < -0.4 is 10.1 Å². The van der Waals surface area contributed by atoms with Gasteiger partial charge in [0.25, 0.3) is 5.91 Å². The molecule has 1 N–H and O–H groups in total. The Morgan fingerprint density at radius 2 is 1.96 bits per heavy atom. The molecule has 0 bridgehead atoms. The van der Waals surface area contributed by atoms with Crippen LogP contribution in [0.15, 0.2) is 42.6 Å². The van der Waals surface area contributed by atoms with Gasteiger partial charge in [0.1, 0.15) is 5.75 Å². The van der Waals surface area contributed by atoms with Crippen LogP contribution in [0, 0.1) is 0 Å². The number of nitrogens with one attached hydrogen (secondary N) is 1. The number of likely N-dealkylation sites (tertiary alicyclic amines) is 1. The van der Waals surface area contributed by atoms with E-state index >= 15 is 0 Å². The summed E-state index contributed by atoms with van der Waals surface area (Å²) in [6, 6.07) is 8.87. The number of carbonyl (C=O) groups is 1.